The smallest absolute Gasteiger partial charge is 0.270 e. The summed E-state index contributed by atoms with van der Waals surface area (Å²) in [5.41, 5.74) is 0.629. The molecule has 88 valence electrons. The van der Waals surface area contributed by atoms with Crippen molar-refractivity contribution in [2.24, 2.45) is 0 Å². The van der Waals surface area contributed by atoms with Crippen molar-refractivity contribution in [1.82, 2.24) is 14.6 Å². The van der Waals surface area contributed by atoms with E-state index in [4.69, 9.17) is 0 Å². The second kappa shape index (κ2) is 4.96. The Bertz CT molecular complexity index is 543. The zero-order chi connectivity index (χ0) is 12.3. The number of aryl methyl sites for hydroxylation is 1. The van der Waals surface area contributed by atoms with Crippen LogP contribution in [0.15, 0.2) is 18.2 Å². The minimum absolute atomic E-state index is 0.172. The summed E-state index contributed by atoms with van der Waals surface area (Å²) in [5, 5.41) is 6.33. The molecule has 0 spiro atoms. The molecule has 0 aromatic carbocycles. The Kier molecular flexibility index (Phi) is 3.38. The predicted octanol–water partition coefficient (Wildman–Crippen LogP) is 1.89. The Hall–Kier alpha value is -1.89. The van der Waals surface area contributed by atoms with Gasteiger partial charge in [0.05, 0.1) is 5.69 Å². The van der Waals surface area contributed by atoms with E-state index < -0.39 is 5.95 Å². The maximum atomic E-state index is 12.8. The highest BCUT2D eigenvalue weighted by Gasteiger charge is 2.15. The van der Waals surface area contributed by atoms with E-state index in [0.717, 1.165) is 11.5 Å². The summed E-state index contributed by atoms with van der Waals surface area (Å²) in [4.78, 5) is 15.8. The van der Waals surface area contributed by atoms with Gasteiger partial charge in [-0.3, -0.25) is 4.79 Å². The highest BCUT2D eigenvalue weighted by Crippen LogP contribution is 2.13. The van der Waals surface area contributed by atoms with Gasteiger partial charge in [-0.1, -0.05) is 17.5 Å². The van der Waals surface area contributed by atoms with Crippen molar-refractivity contribution in [2.45, 2.75) is 13.3 Å². The Labute approximate surface area is 101 Å². The Morgan fingerprint density at radius 2 is 2.35 bits per heavy atom. The van der Waals surface area contributed by atoms with Gasteiger partial charge in [-0.05, 0) is 30.1 Å². The fourth-order valence-electron chi connectivity index (χ4n) is 1.26. The van der Waals surface area contributed by atoms with Crippen molar-refractivity contribution < 1.29 is 9.18 Å². The first kappa shape index (κ1) is 11.6. The molecule has 7 heteroatoms. The fraction of sp³-hybridized carbons (Fsp3) is 0.200. The van der Waals surface area contributed by atoms with Crippen LogP contribution in [0.2, 0.25) is 0 Å². The highest BCUT2D eigenvalue weighted by molar-refractivity contribution is 7.08. The summed E-state index contributed by atoms with van der Waals surface area (Å²) < 4.78 is 16.5. The number of nitrogens with one attached hydrogen (secondary N) is 1. The van der Waals surface area contributed by atoms with Crippen molar-refractivity contribution in [3.8, 4) is 0 Å². The van der Waals surface area contributed by atoms with Gasteiger partial charge in [0.15, 0.2) is 0 Å². The third-order valence-electron chi connectivity index (χ3n) is 2.05. The molecule has 0 fully saturated rings. The maximum Gasteiger partial charge on any atom is 0.270 e. The third kappa shape index (κ3) is 2.62. The number of hydrogen-bond donors (Lipinski definition) is 1. The fourth-order valence-corrected chi connectivity index (χ4v) is 1.91. The van der Waals surface area contributed by atoms with Crippen molar-refractivity contribution >= 4 is 23.3 Å². The number of carbonyl (C=O) groups is 1. The highest BCUT2D eigenvalue weighted by atomic mass is 32.1. The van der Waals surface area contributed by atoms with E-state index in [-0.39, 0.29) is 11.7 Å². The Balaban J connectivity index is 2.17. The van der Waals surface area contributed by atoms with Gasteiger partial charge in [-0.25, -0.2) is 4.98 Å². The van der Waals surface area contributed by atoms with Crippen molar-refractivity contribution in [3.63, 3.8) is 0 Å². The van der Waals surface area contributed by atoms with Gasteiger partial charge in [-0.2, -0.15) is 4.39 Å². The third-order valence-corrected chi connectivity index (χ3v) is 2.82. The lowest BCUT2D eigenvalue weighted by molar-refractivity contribution is 0.102. The lowest BCUT2D eigenvalue weighted by Gasteiger charge is -2.02. The Morgan fingerprint density at radius 1 is 1.53 bits per heavy atom. The first-order chi connectivity index (χ1) is 8.20. The summed E-state index contributed by atoms with van der Waals surface area (Å²) in [7, 11) is 0. The van der Waals surface area contributed by atoms with E-state index in [9.17, 15) is 9.18 Å². The number of anilines is 1. The van der Waals surface area contributed by atoms with E-state index in [1.165, 1.54) is 18.2 Å². The largest absolute Gasteiger partial charge is 0.306 e. The molecular weight excluding hydrogens is 243 g/mol. The Morgan fingerprint density at radius 3 is 3.06 bits per heavy atom. The molecule has 0 aliphatic rings. The zero-order valence-corrected chi connectivity index (χ0v) is 9.79. The first-order valence-electron chi connectivity index (χ1n) is 4.96. The van der Waals surface area contributed by atoms with E-state index in [1.54, 1.807) is 0 Å². The molecule has 2 heterocycles. The van der Waals surface area contributed by atoms with Gasteiger partial charge < -0.3 is 5.32 Å². The number of nitrogens with zero attached hydrogens (tertiary/aromatic N) is 3. The lowest BCUT2D eigenvalue weighted by atomic mass is 10.3. The number of halogens is 1. The normalized spacial score (nSPS) is 10.2. The van der Waals surface area contributed by atoms with Gasteiger partial charge in [0.2, 0.25) is 5.95 Å². The van der Waals surface area contributed by atoms with Gasteiger partial charge in [0.25, 0.3) is 5.91 Å². The molecule has 0 unspecified atom stereocenters. The van der Waals surface area contributed by atoms with Gasteiger partial charge in [0, 0.05) is 0 Å². The van der Waals surface area contributed by atoms with Crippen LogP contribution >= 0.6 is 11.5 Å². The summed E-state index contributed by atoms with van der Waals surface area (Å²) in [6.45, 7) is 1.88. The average molecular weight is 252 g/mol. The monoisotopic (exact) mass is 252 g/mol. The van der Waals surface area contributed by atoms with Gasteiger partial charge >= 0.3 is 0 Å². The summed E-state index contributed by atoms with van der Waals surface area (Å²) in [6, 6.07) is 4.20. The van der Waals surface area contributed by atoms with Crippen molar-refractivity contribution in [1.29, 1.82) is 0 Å². The molecule has 1 amide bonds. The molecule has 0 aliphatic carbocycles. The minimum atomic E-state index is -0.638. The van der Waals surface area contributed by atoms with Crippen LogP contribution in [0.1, 0.15) is 22.3 Å². The van der Waals surface area contributed by atoms with Gasteiger partial charge in [-0.15, -0.1) is 5.10 Å². The topological polar surface area (TPSA) is 67.8 Å². The second-order valence-electron chi connectivity index (χ2n) is 3.20. The van der Waals surface area contributed by atoms with Crippen molar-refractivity contribution in [2.75, 3.05) is 5.32 Å². The molecule has 0 saturated heterocycles. The number of hydrogen-bond acceptors (Lipinski definition) is 5. The standard InChI is InChI=1S/C10H9FN4OS/c1-2-6-9(17-15-14-6)10(16)13-8-5-3-4-7(11)12-8/h3-5H,2H2,1H3,(H,12,13,16). The van der Waals surface area contributed by atoms with Crippen LogP contribution < -0.4 is 5.32 Å². The van der Waals surface area contributed by atoms with Crippen LogP contribution in [0.5, 0.6) is 0 Å². The van der Waals surface area contributed by atoms with E-state index in [2.05, 4.69) is 19.9 Å². The molecule has 0 radical (unpaired) electrons. The van der Waals surface area contributed by atoms with Crippen LogP contribution in [0, 0.1) is 5.95 Å². The van der Waals surface area contributed by atoms with E-state index in [1.807, 2.05) is 6.92 Å². The number of aromatic nitrogens is 3. The van der Waals surface area contributed by atoms with E-state index in [0.29, 0.717) is 17.0 Å². The van der Waals surface area contributed by atoms with Gasteiger partial charge in [0.1, 0.15) is 10.7 Å². The molecule has 0 bridgehead atoms. The molecule has 17 heavy (non-hydrogen) atoms. The van der Waals surface area contributed by atoms with Crippen molar-refractivity contribution in [3.05, 3.63) is 34.7 Å². The van der Waals surface area contributed by atoms with Crippen LogP contribution in [0.25, 0.3) is 0 Å². The number of carbonyl (C=O) groups excluding carboxylic acids is 1. The summed E-state index contributed by atoms with van der Waals surface area (Å²) in [5.74, 6) is -0.832. The first-order valence-corrected chi connectivity index (χ1v) is 5.73. The number of rotatable bonds is 3. The SMILES string of the molecule is CCc1nnsc1C(=O)Nc1cccc(F)n1. The average Bonchev–Trinajstić information content (AvgIpc) is 2.77. The quantitative estimate of drug-likeness (QED) is 0.847. The summed E-state index contributed by atoms with van der Waals surface area (Å²) in [6.07, 6.45) is 0.621. The molecule has 2 aromatic heterocycles. The predicted molar refractivity (Wildman–Crippen MR) is 61.4 cm³/mol. The number of pyridine rings is 1. The molecular formula is C10H9FN4OS. The molecule has 2 aromatic rings. The van der Waals surface area contributed by atoms with E-state index >= 15 is 0 Å². The van der Waals surface area contributed by atoms with Crippen LogP contribution in [-0.4, -0.2) is 20.5 Å². The number of amides is 1. The molecule has 0 aliphatic heterocycles. The van der Waals surface area contributed by atoms with Crippen LogP contribution in [0.4, 0.5) is 10.2 Å². The summed E-state index contributed by atoms with van der Waals surface area (Å²) >= 11 is 1.01. The second-order valence-corrected chi connectivity index (χ2v) is 3.96. The van der Waals surface area contributed by atoms with Crippen LogP contribution in [0.3, 0.4) is 0 Å². The zero-order valence-electron chi connectivity index (χ0n) is 8.98. The molecule has 5 nitrogen and oxygen atoms in total. The molecule has 0 saturated carbocycles. The minimum Gasteiger partial charge on any atom is -0.306 e. The van der Waals surface area contributed by atoms with Crippen LogP contribution in [-0.2, 0) is 6.42 Å². The maximum absolute atomic E-state index is 12.8. The molecule has 0 atom stereocenters. The molecule has 2 rings (SSSR count). The lowest BCUT2D eigenvalue weighted by Crippen LogP contribution is -2.13. The molecule has 1 N–H and O–H groups in total.